The molecule has 2 aromatic heterocycles. The van der Waals surface area contributed by atoms with Crippen LogP contribution in [-0.4, -0.2) is 39.3 Å². The van der Waals surface area contributed by atoms with Gasteiger partial charge in [-0.3, -0.25) is 4.98 Å². The molecule has 0 spiro atoms. The molecule has 1 fully saturated rings. The second-order valence-corrected chi connectivity index (χ2v) is 7.09. The van der Waals surface area contributed by atoms with Crippen LogP contribution in [0.25, 0.3) is 22.0 Å². The Labute approximate surface area is 155 Å². The molecule has 1 aliphatic rings. The molecule has 0 unspecified atom stereocenters. The van der Waals surface area contributed by atoms with Crippen molar-refractivity contribution in [2.24, 2.45) is 0 Å². The molecule has 1 N–H and O–H groups in total. The third-order valence-corrected chi connectivity index (χ3v) is 5.20. The summed E-state index contributed by atoms with van der Waals surface area (Å²) in [6, 6.07) is 8.54. The molecule has 27 heavy (non-hydrogen) atoms. The van der Waals surface area contributed by atoms with Crippen molar-refractivity contribution >= 4 is 16.6 Å². The van der Waals surface area contributed by atoms with Crippen molar-refractivity contribution in [3.05, 3.63) is 42.7 Å². The molecule has 1 atom stereocenters. The van der Waals surface area contributed by atoms with E-state index in [1.165, 1.54) is 0 Å². The van der Waals surface area contributed by atoms with E-state index in [1.807, 2.05) is 12.1 Å². The van der Waals surface area contributed by atoms with Gasteiger partial charge in [-0.25, -0.2) is 8.78 Å². The fraction of sp³-hybridized carbons (Fsp3) is 0.350. The SMILES string of the molecule is CN(c1ccc(-c2cc3cnccc3cc2O)nn1)[C@H]1CCCC(F)(F)C1. The number of anilines is 1. The first kappa shape index (κ1) is 17.6. The number of benzene rings is 1. The third kappa shape index (κ3) is 3.54. The van der Waals surface area contributed by atoms with Crippen molar-refractivity contribution in [2.75, 3.05) is 11.9 Å². The largest absolute Gasteiger partial charge is 0.507 e. The molecule has 5 nitrogen and oxygen atoms in total. The van der Waals surface area contributed by atoms with Gasteiger partial charge in [0.2, 0.25) is 5.92 Å². The van der Waals surface area contributed by atoms with Gasteiger partial charge in [0.05, 0.1) is 5.69 Å². The lowest BCUT2D eigenvalue weighted by molar-refractivity contribution is -0.0401. The van der Waals surface area contributed by atoms with Gasteiger partial charge < -0.3 is 10.0 Å². The van der Waals surface area contributed by atoms with Gasteiger partial charge >= 0.3 is 0 Å². The van der Waals surface area contributed by atoms with Crippen molar-refractivity contribution in [3.8, 4) is 17.0 Å². The van der Waals surface area contributed by atoms with Crippen molar-refractivity contribution in [2.45, 2.75) is 37.6 Å². The number of rotatable bonds is 3. The van der Waals surface area contributed by atoms with Crippen LogP contribution >= 0.6 is 0 Å². The number of aromatic hydroxyl groups is 1. The quantitative estimate of drug-likeness (QED) is 0.740. The summed E-state index contributed by atoms with van der Waals surface area (Å²) in [5, 5.41) is 20.5. The summed E-state index contributed by atoms with van der Waals surface area (Å²) in [4.78, 5) is 5.86. The number of nitrogens with zero attached hydrogens (tertiary/aromatic N) is 4. The number of halogens is 2. The summed E-state index contributed by atoms with van der Waals surface area (Å²) in [6.07, 6.45) is 4.40. The normalized spacial score (nSPS) is 19.1. The maximum Gasteiger partial charge on any atom is 0.250 e. The average Bonchev–Trinajstić information content (AvgIpc) is 2.66. The Bertz CT molecular complexity index is 962. The van der Waals surface area contributed by atoms with E-state index in [1.54, 1.807) is 42.5 Å². The van der Waals surface area contributed by atoms with Gasteiger partial charge in [0.15, 0.2) is 5.82 Å². The fourth-order valence-corrected chi connectivity index (χ4v) is 3.65. The van der Waals surface area contributed by atoms with Crippen molar-refractivity contribution in [1.82, 2.24) is 15.2 Å². The highest BCUT2D eigenvalue weighted by Crippen LogP contribution is 2.36. The zero-order chi connectivity index (χ0) is 19.0. The Kier molecular flexibility index (Phi) is 4.37. The number of phenols is 1. The molecule has 7 heteroatoms. The third-order valence-electron chi connectivity index (χ3n) is 5.20. The lowest BCUT2D eigenvalue weighted by Crippen LogP contribution is -2.40. The minimum absolute atomic E-state index is 0.0436. The smallest absolute Gasteiger partial charge is 0.250 e. The van der Waals surface area contributed by atoms with Crippen LogP contribution in [0.15, 0.2) is 42.7 Å². The van der Waals surface area contributed by atoms with E-state index in [0.717, 1.165) is 10.8 Å². The van der Waals surface area contributed by atoms with Crippen LogP contribution in [0, 0.1) is 0 Å². The second kappa shape index (κ2) is 6.72. The molecule has 1 aromatic carbocycles. The van der Waals surface area contributed by atoms with Gasteiger partial charge in [0, 0.05) is 49.3 Å². The molecule has 2 heterocycles. The molecule has 0 bridgehead atoms. The first-order valence-electron chi connectivity index (χ1n) is 8.94. The Morgan fingerprint density at radius 2 is 2.00 bits per heavy atom. The summed E-state index contributed by atoms with van der Waals surface area (Å²) in [5.41, 5.74) is 1.07. The van der Waals surface area contributed by atoms with E-state index in [0.29, 0.717) is 29.9 Å². The number of alkyl halides is 2. The maximum atomic E-state index is 13.7. The first-order chi connectivity index (χ1) is 12.9. The lowest BCUT2D eigenvalue weighted by Gasteiger charge is -2.35. The number of hydrogen-bond donors (Lipinski definition) is 1. The highest BCUT2D eigenvalue weighted by atomic mass is 19.3. The van der Waals surface area contributed by atoms with E-state index in [4.69, 9.17) is 0 Å². The van der Waals surface area contributed by atoms with E-state index >= 15 is 0 Å². The van der Waals surface area contributed by atoms with Gasteiger partial charge in [-0.15, -0.1) is 10.2 Å². The summed E-state index contributed by atoms with van der Waals surface area (Å²) < 4.78 is 27.4. The van der Waals surface area contributed by atoms with Crippen molar-refractivity contribution in [1.29, 1.82) is 0 Å². The number of fused-ring (bicyclic) bond motifs is 1. The maximum absolute atomic E-state index is 13.7. The lowest BCUT2D eigenvalue weighted by atomic mass is 9.91. The highest BCUT2D eigenvalue weighted by molar-refractivity contribution is 5.89. The molecule has 3 aromatic rings. The van der Waals surface area contributed by atoms with Crippen LogP contribution in [0.2, 0.25) is 0 Å². The summed E-state index contributed by atoms with van der Waals surface area (Å²) in [6.45, 7) is 0. The van der Waals surface area contributed by atoms with Crippen LogP contribution in [0.1, 0.15) is 25.7 Å². The van der Waals surface area contributed by atoms with Gasteiger partial charge in [0.25, 0.3) is 0 Å². The molecule has 0 saturated heterocycles. The fourth-order valence-electron chi connectivity index (χ4n) is 3.65. The van der Waals surface area contributed by atoms with E-state index < -0.39 is 5.92 Å². The molecule has 0 amide bonds. The van der Waals surface area contributed by atoms with E-state index in [-0.39, 0.29) is 24.6 Å². The van der Waals surface area contributed by atoms with Crippen LogP contribution < -0.4 is 4.90 Å². The van der Waals surface area contributed by atoms with Gasteiger partial charge in [-0.2, -0.15) is 0 Å². The minimum Gasteiger partial charge on any atom is -0.507 e. The molecular weight excluding hydrogens is 350 g/mol. The van der Waals surface area contributed by atoms with Gasteiger partial charge in [-0.05, 0) is 48.6 Å². The Morgan fingerprint density at radius 3 is 2.74 bits per heavy atom. The monoisotopic (exact) mass is 370 g/mol. The minimum atomic E-state index is -2.62. The Morgan fingerprint density at radius 1 is 1.15 bits per heavy atom. The summed E-state index contributed by atoms with van der Waals surface area (Å²) >= 11 is 0. The van der Waals surface area contributed by atoms with Crippen LogP contribution in [0.4, 0.5) is 14.6 Å². The number of pyridine rings is 1. The predicted octanol–water partition coefficient (Wildman–Crippen LogP) is 4.41. The molecule has 4 rings (SSSR count). The summed E-state index contributed by atoms with van der Waals surface area (Å²) in [5.74, 6) is -1.96. The number of hydrogen-bond acceptors (Lipinski definition) is 5. The van der Waals surface area contributed by atoms with Crippen LogP contribution in [0.5, 0.6) is 5.75 Å². The van der Waals surface area contributed by atoms with Gasteiger partial charge in [-0.1, -0.05) is 0 Å². The predicted molar refractivity (Wildman–Crippen MR) is 100 cm³/mol. The van der Waals surface area contributed by atoms with Crippen LogP contribution in [0.3, 0.4) is 0 Å². The molecule has 0 aliphatic heterocycles. The van der Waals surface area contributed by atoms with Crippen molar-refractivity contribution < 1.29 is 13.9 Å². The Hall–Kier alpha value is -2.83. The molecule has 1 aliphatic carbocycles. The standard InChI is InChI=1S/C20H20F2N4O/c1-26(15-3-2-7-20(21,22)11-15)19-5-4-17(24-25-19)16-9-14-12-23-8-6-13(14)10-18(16)27/h4-6,8-10,12,15,27H,2-3,7,11H2,1H3/t15-/m0/s1. The molecular formula is C20H20F2N4O. The summed E-state index contributed by atoms with van der Waals surface area (Å²) in [7, 11) is 1.77. The topological polar surface area (TPSA) is 62.1 Å². The molecule has 140 valence electrons. The zero-order valence-electron chi connectivity index (χ0n) is 14.9. The second-order valence-electron chi connectivity index (χ2n) is 7.09. The number of aromatic nitrogens is 3. The van der Waals surface area contributed by atoms with Gasteiger partial charge in [0.1, 0.15) is 5.75 Å². The first-order valence-corrected chi connectivity index (χ1v) is 8.94. The van der Waals surface area contributed by atoms with E-state index in [2.05, 4.69) is 15.2 Å². The average molecular weight is 370 g/mol. The molecule has 1 saturated carbocycles. The van der Waals surface area contributed by atoms with Crippen LogP contribution in [-0.2, 0) is 0 Å². The zero-order valence-corrected chi connectivity index (χ0v) is 14.9. The number of phenolic OH excluding ortho intramolecular Hbond substituents is 1. The van der Waals surface area contributed by atoms with Crippen molar-refractivity contribution in [3.63, 3.8) is 0 Å². The molecule has 0 radical (unpaired) electrons. The Balaban J connectivity index is 1.60. The van der Waals surface area contributed by atoms with E-state index in [9.17, 15) is 13.9 Å². The highest BCUT2D eigenvalue weighted by Gasteiger charge is 2.38.